The van der Waals surface area contributed by atoms with Crippen molar-refractivity contribution in [2.24, 2.45) is 5.92 Å². The predicted octanol–water partition coefficient (Wildman–Crippen LogP) is 2.87. The first-order valence-corrected chi connectivity index (χ1v) is 7.11. The molecule has 0 amide bonds. The molecule has 0 saturated carbocycles. The number of carbonyl (C=O) groups excluding carboxylic acids is 1. The smallest absolute Gasteiger partial charge is 0.310 e. The number of ether oxygens (including phenoxy) is 1. The molecule has 0 bridgehead atoms. The van der Waals surface area contributed by atoms with Gasteiger partial charge in [-0.05, 0) is 28.2 Å². The van der Waals surface area contributed by atoms with Crippen molar-refractivity contribution >= 4 is 28.6 Å². The van der Waals surface area contributed by atoms with Gasteiger partial charge in [-0.3, -0.25) is 9.48 Å². The SMILES string of the molecule is CC(Cn1cc(I)cn1)C(=O)OCc1ccccc1. The third-order valence-corrected chi connectivity index (χ3v) is 3.25. The summed E-state index contributed by atoms with van der Waals surface area (Å²) in [4.78, 5) is 11.9. The van der Waals surface area contributed by atoms with Gasteiger partial charge in [0, 0.05) is 6.20 Å². The summed E-state index contributed by atoms with van der Waals surface area (Å²) in [5.74, 6) is -0.409. The lowest BCUT2D eigenvalue weighted by atomic mass is 10.2. The van der Waals surface area contributed by atoms with E-state index in [1.807, 2.05) is 43.5 Å². The minimum Gasteiger partial charge on any atom is -0.461 e. The Kier molecular flexibility index (Phi) is 4.95. The van der Waals surface area contributed by atoms with Gasteiger partial charge in [-0.1, -0.05) is 37.3 Å². The molecule has 5 heteroatoms. The quantitative estimate of drug-likeness (QED) is 0.601. The minimum absolute atomic E-state index is 0.200. The average Bonchev–Trinajstić information content (AvgIpc) is 2.82. The number of halogens is 1. The van der Waals surface area contributed by atoms with Crippen molar-refractivity contribution in [1.29, 1.82) is 0 Å². The molecule has 0 N–H and O–H groups in total. The van der Waals surface area contributed by atoms with Crippen LogP contribution in [0, 0.1) is 9.49 Å². The third kappa shape index (κ3) is 4.34. The molecule has 0 aliphatic heterocycles. The summed E-state index contributed by atoms with van der Waals surface area (Å²) in [7, 11) is 0. The highest BCUT2D eigenvalue weighted by molar-refractivity contribution is 14.1. The third-order valence-electron chi connectivity index (χ3n) is 2.69. The molecular weight excluding hydrogens is 355 g/mol. The van der Waals surface area contributed by atoms with E-state index in [2.05, 4.69) is 27.7 Å². The van der Waals surface area contributed by atoms with Gasteiger partial charge in [-0.25, -0.2) is 0 Å². The van der Waals surface area contributed by atoms with Crippen molar-refractivity contribution in [2.75, 3.05) is 0 Å². The molecule has 1 atom stereocenters. The van der Waals surface area contributed by atoms with Crippen LogP contribution in [-0.2, 0) is 22.7 Å². The van der Waals surface area contributed by atoms with Crippen LogP contribution in [0.3, 0.4) is 0 Å². The van der Waals surface area contributed by atoms with Crippen LogP contribution in [-0.4, -0.2) is 15.7 Å². The molecule has 4 nitrogen and oxygen atoms in total. The molecule has 0 aliphatic carbocycles. The first-order valence-electron chi connectivity index (χ1n) is 6.03. The summed E-state index contributed by atoms with van der Waals surface area (Å²) >= 11 is 2.19. The first kappa shape index (κ1) is 14.0. The molecule has 0 aliphatic rings. The second-order valence-corrected chi connectivity index (χ2v) is 5.62. The van der Waals surface area contributed by atoms with E-state index in [9.17, 15) is 4.79 Å². The van der Waals surface area contributed by atoms with Crippen LogP contribution in [0.1, 0.15) is 12.5 Å². The van der Waals surface area contributed by atoms with E-state index < -0.39 is 0 Å². The zero-order chi connectivity index (χ0) is 13.7. The molecule has 1 heterocycles. The average molecular weight is 370 g/mol. The number of nitrogens with zero attached hydrogens (tertiary/aromatic N) is 2. The van der Waals surface area contributed by atoms with E-state index in [1.54, 1.807) is 10.9 Å². The molecule has 2 rings (SSSR count). The van der Waals surface area contributed by atoms with Crippen molar-refractivity contribution < 1.29 is 9.53 Å². The molecule has 2 aromatic rings. The molecule has 19 heavy (non-hydrogen) atoms. The Morgan fingerprint density at radius 1 is 1.42 bits per heavy atom. The summed E-state index contributed by atoms with van der Waals surface area (Å²) < 4.78 is 8.10. The number of esters is 1. The van der Waals surface area contributed by atoms with Crippen LogP contribution in [0.15, 0.2) is 42.7 Å². The summed E-state index contributed by atoms with van der Waals surface area (Å²) in [6, 6.07) is 9.67. The standard InChI is InChI=1S/C14H15IN2O2/c1-11(8-17-9-13(15)7-16-17)14(18)19-10-12-5-3-2-4-6-12/h2-7,9,11H,8,10H2,1H3. The van der Waals surface area contributed by atoms with Gasteiger partial charge in [0.15, 0.2) is 0 Å². The van der Waals surface area contributed by atoms with E-state index in [1.165, 1.54) is 0 Å². The van der Waals surface area contributed by atoms with Gasteiger partial charge in [0.2, 0.25) is 0 Å². The van der Waals surface area contributed by atoms with Gasteiger partial charge in [-0.2, -0.15) is 5.10 Å². The van der Waals surface area contributed by atoms with Gasteiger partial charge >= 0.3 is 5.97 Å². The first-order chi connectivity index (χ1) is 9.15. The van der Waals surface area contributed by atoms with Crippen LogP contribution >= 0.6 is 22.6 Å². The maximum absolute atomic E-state index is 11.9. The molecule has 100 valence electrons. The zero-order valence-electron chi connectivity index (χ0n) is 10.6. The lowest BCUT2D eigenvalue weighted by Gasteiger charge is -2.11. The van der Waals surface area contributed by atoms with Crippen molar-refractivity contribution in [3.8, 4) is 0 Å². The van der Waals surface area contributed by atoms with E-state index in [4.69, 9.17) is 4.74 Å². The van der Waals surface area contributed by atoms with Gasteiger partial charge in [-0.15, -0.1) is 0 Å². The Balaban J connectivity index is 1.82. The highest BCUT2D eigenvalue weighted by Gasteiger charge is 2.15. The monoisotopic (exact) mass is 370 g/mol. The van der Waals surface area contributed by atoms with E-state index in [0.29, 0.717) is 13.2 Å². The maximum Gasteiger partial charge on any atom is 0.310 e. The van der Waals surface area contributed by atoms with Crippen LogP contribution in [0.25, 0.3) is 0 Å². The van der Waals surface area contributed by atoms with Crippen molar-refractivity contribution in [2.45, 2.75) is 20.1 Å². The van der Waals surface area contributed by atoms with Crippen LogP contribution in [0.5, 0.6) is 0 Å². The predicted molar refractivity (Wildman–Crippen MR) is 80.3 cm³/mol. The summed E-state index contributed by atoms with van der Waals surface area (Å²) in [5.41, 5.74) is 0.997. The van der Waals surface area contributed by atoms with E-state index >= 15 is 0 Å². The highest BCUT2D eigenvalue weighted by atomic mass is 127. The molecule has 1 aromatic heterocycles. The number of aromatic nitrogens is 2. The number of hydrogen-bond donors (Lipinski definition) is 0. The topological polar surface area (TPSA) is 44.1 Å². The molecule has 0 saturated heterocycles. The summed E-state index contributed by atoms with van der Waals surface area (Å²) in [5, 5.41) is 4.16. The van der Waals surface area contributed by atoms with Crippen LogP contribution in [0.2, 0.25) is 0 Å². The Hall–Kier alpha value is -1.37. The Morgan fingerprint density at radius 2 is 2.16 bits per heavy atom. The molecule has 0 radical (unpaired) electrons. The molecule has 1 unspecified atom stereocenters. The fraction of sp³-hybridized carbons (Fsp3) is 0.286. The number of hydrogen-bond acceptors (Lipinski definition) is 3. The van der Waals surface area contributed by atoms with Gasteiger partial charge in [0.05, 0.1) is 22.2 Å². The Morgan fingerprint density at radius 3 is 2.79 bits per heavy atom. The van der Waals surface area contributed by atoms with Gasteiger partial charge in [0.25, 0.3) is 0 Å². The van der Waals surface area contributed by atoms with Gasteiger partial charge in [0.1, 0.15) is 6.61 Å². The second-order valence-electron chi connectivity index (χ2n) is 4.37. The largest absolute Gasteiger partial charge is 0.461 e. The fourth-order valence-corrected chi connectivity index (χ4v) is 2.11. The zero-order valence-corrected chi connectivity index (χ0v) is 12.8. The lowest BCUT2D eigenvalue weighted by Crippen LogP contribution is -2.20. The normalized spacial score (nSPS) is 12.1. The lowest BCUT2D eigenvalue weighted by molar-refractivity contribution is -0.149. The van der Waals surface area contributed by atoms with Crippen molar-refractivity contribution in [1.82, 2.24) is 9.78 Å². The minimum atomic E-state index is -0.209. The van der Waals surface area contributed by atoms with Crippen molar-refractivity contribution in [3.63, 3.8) is 0 Å². The summed E-state index contributed by atoms with van der Waals surface area (Å²) in [6.07, 6.45) is 3.67. The Bertz CT molecular complexity index is 539. The van der Waals surface area contributed by atoms with E-state index in [-0.39, 0.29) is 11.9 Å². The highest BCUT2D eigenvalue weighted by Crippen LogP contribution is 2.08. The molecular formula is C14H15IN2O2. The van der Waals surface area contributed by atoms with E-state index in [0.717, 1.165) is 9.13 Å². The summed E-state index contributed by atoms with van der Waals surface area (Å²) in [6.45, 7) is 2.71. The van der Waals surface area contributed by atoms with Crippen LogP contribution < -0.4 is 0 Å². The maximum atomic E-state index is 11.9. The Labute approximate surface area is 125 Å². The molecule has 0 spiro atoms. The number of rotatable bonds is 5. The van der Waals surface area contributed by atoms with Gasteiger partial charge < -0.3 is 4.74 Å². The second kappa shape index (κ2) is 6.70. The number of carbonyl (C=O) groups is 1. The van der Waals surface area contributed by atoms with Crippen molar-refractivity contribution in [3.05, 3.63) is 51.9 Å². The molecule has 1 aromatic carbocycles. The van der Waals surface area contributed by atoms with Crippen LogP contribution in [0.4, 0.5) is 0 Å². The molecule has 0 fully saturated rings. The fourth-order valence-electron chi connectivity index (χ4n) is 1.66. The number of benzene rings is 1.